The molecule has 0 heterocycles. The molecular formula is C27H23F3O3S2. The highest BCUT2D eigenvalue weighted by Crippen LogP contribution is 2.34. The maximum Gasteiger partial charge on any atom is 0.417 e. The van der Waals surface area contributed by atoms with Crippen LogP contribution in [0.5, 0.6) is 0 Å². The molecule has 0 bridgehead atoms. The van der Waals surface area contributed by atoms with E-state index in [4.69, 9.17) is 0 Å². The van der Waals surface area contributed by atoms with Gasteiger partial charge in [0.15, 0.2) is 14.7 Å². The second-order valence-electron chi connectivity index (χ2n) is 7.38. The molecule has 0 unspecified atom stereocenters. The van der Waals surface area contributed by atoms with E-state index in [-0.39, 0.29) is 10.9 Å². The Morgan fingerprint density at radius 2 is 1.11 bits per heavy atom. The first-order chi connectivity index (χ1) is 16.6. The van der Waals surface area contributed by atoms with Gasteiger partial charge in [0.1, 0.15) is 10.1 Å². The van der Waals surface area contributed by atoms with Gasteiger partial charge in [0.05, 0.1) is 21.4 Å². The van der Waals surface area contributed by atoms with Crippen molar-refractivity contribution >= 4 is 21.0 Å². The second-order valence-corrected chi connectivity index (χ2v) is 10.8. The molecule has 0 aromatic heterocycles. The minimum Gasteiger partial charge on any atom is -0.744 e. The van der Waals surface area contributed by atoms with Crippen LogP contribution in [0.25, 0.3) is 0 Å². The van der Waals surface area contributed by atoms with Crippen LogP contribution in [0.15, 0.2) is 129 Å². The van der Waals surface area contributed by atoms with Crippen molar-refractivity contribution in [2.24, 2.45) is 0 Å². The Labute approximate surface area is 206 Å². The molecule has 0 fully saturated rings. The highest BCUT2D eigenvalue weighted by molar-refractivity contribution is 7.97. The van der Waals surface area contributed by atoms with Gasteiger partial charge < -0.3 is 4.55 Å². The van der Waals surface area contributed by atoms with Crippen LogP contribution < -0.4 is 0 Å². The van der Waals surface area contributed by atoms with Gasteiger partial charge >= 0.3 is 6.18 Å². The number of halogens is 3. The number of aryl methyl sites for hydroxylation is 1. The summed E-state index contributed by atoms with van der Waals surface area (Å²) in [5, 5.41) is 0. The Morgan fingerprint density at radius 3 is 1.51 bits per heavy atom. The van der Waals surface area contributed by atoms with Gasteiger partial charge in [0.25, 0.3) is 0 Å². The summed E-state index contributed by atoms with van der Waals surface area (Å²) in [5.74, 6) is 0. The van der Waals surface area contributed by atoms with Crippen molar-refractivity contribution in [2.75, 3.05) is 0 Å². The molecule has 4 aromatic rings. The fraction of sp³-hybridized carbons (Fsp3) is 0.111. The van der Waals surface area contributed by atoms with E-state index in [9.17, 15) is 26.1 Å². The maximum atomic E-state index is 12.2. The van der Waals surface area contributed by atoms with Crippen LogP contribution >= 0.6 is 0 Å². The first-order valence-corrected chi connectivity index (χ1v) is 13.3. The molecule has 0 aliphatic heterocycles. The van der Waals surface area contributed by atoms with E-state index in [0.29, 0.717) is 12.1 Å². The van der Waals surface area contributed by atoms with Crippen LogP contribution in [0, 0.1) is 0 Å². The lowest BCUT2D eigenvalue weighted by molar-refractivity contribution is -0.140. The zero-order valence-electron chi connectivity index (χ0n) is 18.8. The first kappa shape index (κ1) is 26.5. The lowest BCUT2D eigenvalue weighted by Crippen LogP contribution is -2.12. The van der Waals surface area contributed by atoms with E-state index in [1.165, 1.54) is 20.2 Å². The maximum absolute atomic E-state index is 12.2. The quantitative estimate of drug-likeness (QED) is 0.213. The van der Waals surface area contributed by atoms with E-state index in [1.54, 1.807) is 0 Å². The summed E-state index contributed by atoms with van der Waals surface area (Å²) in [6, 6.07) is 33.9. The molecule has 0 saturated carbocycles. The molecule has 0 amide bonds. The van der Waals surface area contributed by atoms with Crippen LogP contribution in [-0.4, -0.2) is 13.0 Å². The monoisotopic (exact) mass is 516 g/mol. The highest BCUT2D eigenvalue weighted by Gasteiger charge is 2.34. The summed E-state index contributed by atoms with van der Waals surface area (Å²) in [6.07, 6.45) is -3.75. The SMILES string of the molecule is CCc1ccc([S+](c2ccccc2)c2ccccc2)cc1.O=S(=O)([O-])c1ccccc1C(F)(F)F. The zero-order chi connectivity index (χ0) is 25.5. The molecule has 4 aromatic carbocycles. The smallest absolute Gasteiger partial charge is 0.417 e. The largest absolute Gasteiger partial charge is 0.744 e. The summed E-state index contributed by atoms with van der Waals surface area (Å²) in [5.41, 5.74) is -0.0431. The average Bonchev–Trinajstić information content (AvgIpc) is 2.85. The van der Waals surface area contributed by atoms with Gasteiger partial charge in [-0.25, -0.2) is 8.42 Å². The van der Waals surface area contributed by atoms with E-state index < -0.39 is 26.8 Å². The summed E-state index contributed by atoms with van der Waals surface area (Å²) in [6.45, 7) is 2.20. The van der Waals surface area contributed by atoms with Crippen LogP contribution in [0.3, 0.4) is 0 Å². The summed E-state index contributed by atoms with van der Waals surface area (Å²) < 4.78 is 67.9. The highest BCUT2D eigenvalue weighted by atomic mass is 32.2. The van der Waals surface area contributed by atoms with E-state index in [1.807, 2.05) is 0 Å². The predicted molar refractivity (Wildman–Crippen MR) is 130 cm³/mol. The number of rotatable bonds is 5. The Bertz CT molecular complexity index is 1280. The third-order valence-electron chi connectivity index (χ3n) is 4.99. The number of hydrogen-bond donors (Lipinski definition) is 0. The van der Waals surface area contributed by atoms with Crippen molar-refractivity contribution in [1.82, 2.24) is 0 Å². The van der Waals surface area contributed by atoms with Gasteiger partial charge in [-0.3, -0.25) is 0 Å². The molecule has 0 spiro atoms. The van der Waals surface area contributed by atoms with Crippen molar-refractivity contribution in [1.29, 1.82) is 0 Å². The molecule has 8 heteroatoms. The van der Waals surface area contributed by atoms with E-state index in [2.05, 4.69) is 91.9 Å². The standard InChI is InChI=1S/C20H19S.C7H5F3O3S/c1-2-17-13-15-20(16-14-17)21(18-9-5-3-6-10-18)19-11-7-4-8-12-19;8-7(9,10)5-3-1-2-4-6(5)14(11,12)13/h3-16H,2H2,1H3;1-4H,(H,11,12,13)/q+1;/p-1. The lowest BCUT2D eigenvalue weighted by Gasteiger charge is -2.14. The minimum atomic E-state index is -5.09. The Morgan fingerprint density at radius 1 is 0.686 bits per heavy atom. The summed E-state index contributed by atoms with van der Waals surface area (Å²) >= 11 is 0. The van der Waals surface area contributed by atoms with Crippen molar-refractivity contribution < 1.29 is 26.1 Å². The van der Waals surface area contributed by atoms with Gasteiger partial charge in [0, 0.05) is 0 Å². The van der Waals surface area contributed by atoms with Crippen molar-refractivity contribution in [2.45, 2.75) is 39.1 Å². The summed E-state index contributed by atoms with van der Waals surface area (Å²) in [7, 11) is -5.11. The first-order valence-electron chi connectivity index (χ1n) is 10.7. The zero-order valence-corrected chi connectivity index (χ0v) is 20.4. The molecule has 0 aliphatic rings. The molecular weight excluding hydrogens is 493 g/mol. The molecule has 3 nitrogen and oxygen atoms in total. The fourth-order valence-electron chi connectivity index (χ4n) is 3.30. The number of benzene rings is 4. The van der Waals surface area contributed by atoms with Crippen LogP contribution in [-0.2, 0) is 33.6 Å². The number of alkyl halides is 3. The van der Waals surface area contributed by atoms with E-state index in [0.717, 1.165) is 18.6 Å². The minimum absolute atomic E-state index is 0.0249. The van der Waals surface area contributed by atoms with Crippen molar-refractivity contribution in [3.05, 3.63) is 120 Å². The van der Waals surface area contributed by atoms with Crippen LogP contribution in [0.2, 0.25) is 0 Å². The third-order valence-corrected chi connectivity index (χ3v) is 8.11. The second kappa shape index (κ2) is 11.6. The molecule has 0 saturated heterocycles. The van der Waals surface area contributed by atoms with Crippen molar-refractivity contribution in [3.8, 4) is 0 Å². The van der Waals surface area contributed by atoms with Crippen molar-refractivity contribution in [3.63, 3.8) is 0 Å². The topological polar surface area (TPSA) is 57.2 Å². The predicted octanol–water partition coefficient (Wildman–Crippen LogP) is 6.95. The molecule has 0 radical (unpaired) electrons. The third kappa shape index (κ3) is 7.21. The molecule has 182 valence electrons. The molecule has 35 heavy (non-hydrogen) atoms. The van der Waals surface area contributed by atoms with Gasteiger partial charge in [-0.2, -0.15) is 13.2 Å². The normalized spacial score (nSPS) is 11.6. The van der Waals surface area contributed by atoms with Crippen LogP contribution in [0.4, 0.5) is 13.2 Å². The van der Waals surface area contributed by atoms with Crippen LogP contribution in [0.1, 0.15) is 18.1 Å². The number of hydrogen-bond acceptors (Lipinski definition) is 3. The molecule has 0 aliphatic carbocycles. The molecule has 0 atom stereocenters. The van der Waals surface area contributed by atoms with Gasteiger partial charge in [0.2, 0.25) is 0 Å². The molecule has 4 rings (SSSR count). The lowest BCUT2D eigenvalue weighted by atomic mass is 10.2. The van der Waals surface area contributed by atoms with Gasteiger partial charge in [-0.05, 0) is 60.5 Å². The van der Waals surface area contributed by atoms with E-state index >= 15 is 0 Å². The summed E-state index contributed by atoms with van der Waals surface area (Å²) in [4.78, 5) is 2.87. The van der Waals surface area contributed by atoms with Gasteiger partial charge in [-0.15, -0.1) is 0 Å². The van der Waals surface area contributed by atoms with Gasteiger partial charge in [-0.1, -0.05) is 67.6 Å². The fourth-order valence-corrected chi connectivity index (χ4v) is 6.08. The Hall–Kier alpha value is -3.07. The average molecular weight is 517 g/mol. The molecule has 0 N–H and O–H groups in total. The Kier molecular flexibility index (Phi) is 8.77. The Balaban J connectivity index is 0.000000214.